The average molecular weight is 442 g/mol. The molecule has 0 fully saturated rings. The van der Waals surface area contributed by atoms with Gasteiger partial charge in [0.15, 0.2) is 6.61 Å². The van der Waals surface area contributed by atoms with Gasteiger partial charge in [-0.1, -0.05) is 29.8 Å². The minimum absolute atomic E-state index is 0.00918. The number of anilines is 1. The molecule has 0 aromatic heterocycles. The van der Waals surface area contributed by atoms with Gasteiger partial charge in [-0.15, -0.1) is 0 Å². The molecule has 0 aliphatic heterocycles. The number of ether oxygens (including phenoxy) is 1. The van der Waals surface area contributed by atoms with Gasteiger partial charge in [0, 0.05) is 17.8 Å². The van der Waals surface area contributed by atoms with Crippen molar-refractivity contribution >= 4 is 40.8 Å². The lowest BCUT2D eigenvalue weighted by atomic mass is 10.2. The quantitative estimate of drug-likeness (QED) is 0.299. The van der Waals surface area contributed by atoms with Crippen molar-refractivity contribution < 1.29 is 18.8 Å². The van der Waals surface area contributed by atoms with Crippen LogP contribution in [-0.2, 0) is 4.79 Å². The minimum Gasteiger partial charge on any atom is -0.482 e. The van der Waals surface area contributed by atoms with Crippen LogP contribution < -0.4 is 10.1 Å². The maximum atomic E-state index is 13.6. The standard InChI is InChI=1S/C22H17ClFN3O4/c1-14-6-8-16(11-20(14)27(29)30)25-12-15-7-9-21(17(23)10-15)31-13-22(28)26-19-5-3-2-4-18(19)24/h2-12H,13H2,1H3,(H,26,28). The third-order valence-electron chi connectivity index (χ3n) is 4.21. The number of halogens is 2. The Kier molecular flexibility index (Phi) is 6.94. The number of aryl methyl sites for hydroxylation is 1. The van der Waals surface area contributed by atoms with Crippen molar-refractivity contribution in [3.63, 3.8) is 0 Å². The van der Waals surface area contributed by atoms with Gasteiger partial charge in [0.25, 0.3) is 11.6 Å². The second kappa shape index (κ2) is 9.82. The van der Waals surface area contributed by atoms with Crippen molar-refractivity contribution in [1.82, 2.24) is 0 Å². The highest BCUT2D eigenvalue weighted by molar-refractivity contribution is 6.32. The molecule has 1 amide bonds. The number of hydrogen-bond donors (Lipinski definition) is 1. The number of nitrogens with zero attached hydrogens (tertiary/aromatic N) is 2. The van der Waals surface area contributed by atoms with Crippen LogP contribution in [0.2, 0.25) is 5.02 Å². The van der Waals surface area contributed by atoms with Gasteiger partial charge in [-0.3, -0.25) is 19.9 Å². The Hall–Kier alpha value is -3.78. The largest absolute Gasteiger partial charge is 0.482 e. The molecular weight excluding hydrogens is 425 g/mol. The number of carbonyl (C=O) groups excluding carboxylic acids is 1. The molecule has 0 radical (unpaired) electrons. The molecule has 0 bridgehead atoms. The molecule has 1 N–H and O–H groups in total. The Morgan fingerprint density at radius 2 is 2.00 bits per heavy atom. The van der Waals surface area contributed by atoms with Gasteiger partial charge in [-0.25, -0.2) is 4.39 Å². The second-order valence-electron chi connectivity index (χ2n) is 6.49. The van der Waals surface area contributed by atoms with Crippen molar-refractivity contribution in [2.75, 3.05) is 11.9 Å². The van der Waals surface area contributed by atoms with Gasteiger partial charge in [-0.05, 0) is 48.9 Å². The first kappa shape index (κ1) is 21.9. The van der Waals surface area contributed by atoms with Crippen LogP contribution in [0.3, 0.4) is 0 Å². The summed E-state index contributed by atoms with van der Waals surface area (Å²) in [5.41, 5.74) is 1.66. The lowest BCUT2D eigenvalue weighted by molar-refractivity contribution is -0.385. The zero-order valence-corrected chi connectivity index (χ0v) is 17.1. The Balaban J connectivity index is 1.63. The number of nitro benzene ring substituents is 1. The number of nitrogens with one attached hydrogen (secondary N) is 1. The van der Waals surface area contributed by atoms with Gasteiger partial charge in [0.05, 0.1) is 21.3 Å². The highest BCUT2D eigenvalue weighted by Gasteiger charge is 2.11. The Bertz CT molecular complexity index is 1170. The Morgan fingerprint density at radius 1 is 1.23 bits per heavy atom. The summed E-state index contributed by atoms with van der Waals surface area (Å²) in [7, 11) is 0. The molecule has 9 heteroatoms. The van der Waals surface area contributed by atoms with E-state index >= 15 is 0 Å². The molecule has 0 aliphatic carbocycles. The number of hydrogen-bond acceptors (Lipinski definition) is 5. The van der Waals surface area contributed by atoms with E-state index < -0.39 is 16.6 Å². The Morgan fingerprint density at radius 3 is 2.71 bits per heavy atom. The molecule has 0 heterocycles. The van der Waals surface area contributed by atoms with Crippen LogP contribution >= 0.6 is 11.6 Å². The van der Waals surface area contributed by atoms with Crippen LogP contribution in [-0.4, -0.2) is 23.7 Å². The first-order valence-corrected chi connectivity index (χ1v) is 9.47. The molecule has 0 unspecified atom stereocenters. The molecule has 158 valence electrons. The highest BCUT2D eigenvalue weighted by atomic mass is 35.5. The SMILES string of the molecule is Cc1ccc(N=Cc2ccc(OCC(=O)Nc3ccccc3F)c(Cl)c2)cc1[N+](=O)[O-]. The molecule has 31 heavy (non-hydrogen) atoms. The Labute approximate surface area is 182 Å². The number of para-hydroxylation sites is 1. The summed E-state index contributed by atoms with van der Waals surface area (Å²) in [5.74, 6) is -0.808. The summed E-state index contributed by atoms with van der Waals surface area (Å²) in [6.07, 6.45) is 1.51. The van der Waals surface area contributed by atoms with Crippen LogP contribution in [0.5, 0.6) is 5.75 Å². The first-order valence-electron chi connectivity index (χ1n) is 9.09. The van der Waals surface area contributed by atoms with E-state index in [4.69, 9.17) is 16.3 Å². The van der Waals surface area contributed by atoms with Crippen LogP contribution in [0.25, 0.3) is 0 Å². The third-order valence-corrected chi connectivity index (χ3v) is 4.51. The molecule has 3 aromatic carbocycles. The van der Waals surface area contributed by atoms with E-state index in [1.165, 1.54) is 30.5 Å². The molecule has 0 atom stereocenters. The van der Waals surface area contributed by atoms with Crippen molar-refractivity contribution in [2.45, 2.75) is 6.92 Å². The number of benzene rings is 3. The predicted molar refractivity (Wildman–Crippen MR) is 117 cm³/mol. The number of carbonyl (C=O) groups is 1. The molecular formula is C22H17ClFN3O4. The first-order chi connectivity index (χ1) is 14.8. The van der Waals surface area contributed by atoms with Gasteiger partial charge in [0.2, 0.25) is 0 Å². The van der Waals surface area contributed by atoms with E-state index in [0.717, 1.165) is 0 Å². The molecule has 0 saturated carbocycles. The lowest BCUT2D eigenvalue weighted by Gasteiger charge is -2.09. The molecule has 3 rings (SSSR count). The normalized spacial score (nSPS) is 10.8. The zero-order chi connectivity index (χ0) is 22.4. The van der Waals surface area contributed by atoms with E-state index in [9.17, 15) is 19.3 Å². The molecule has 0 aliphatic rings. The third kappa shape index (κ3) is 5.86. The molecule has 0 saturated heterocycles. The van der Waals surface area contributed by atoms with Crippen molar-refractivity contribution in [1.29, 1.82) is 0 Å². The van der Waals surface area contributed by atoms with E-state index in [1.807, 2.05) is 0 Å². The molecule has 3 aromatic rings. The number of nitro groups is 1. The smallest absolute Gasteiger partial charge is 0.274 e. The lowest BCUT2D eigenvalue weighted by Crippen LogP contribution is -2.20. The fourth-order valence-corrected chi connectivity index (χ4v) is 2.87. The van der Waals surface area contributed by atoms with Crippen molar-refractivity contribution in [2.24, 2.45) is 4.99 Å². The summed E-state index contributed by atoms with van der Waals surface area (Å²) in [6, 6.07) is 15.3. The topological polar surface area (TPSA) is 93.8 Å². The summed E-state index contributed by atoms with van der Waals surface area (Å²) in [6.45, 7) is 1.30. The second-order valence-corrected chi connectivity index (χ2v) is 6.90. The summed E-state index contributed by atoms with van der Waals surface area (Å²) >= 11 is 6.20. The van der Waals surface area contributed by atoms with Crippen LogP contribution in [0.4, 0.5) is 21.5 Å². The molecule has 0 spiro atoms. The fourth-order valence-electron chi connectivity index (χ4n) is 2.63. The van der Waals surface area contributed by atoms with Crippen LogP contribution in [0.1, 0.15) is 11.1 Å². The number of amides is 1. The monoisotopic (exact) mass is 441 g/mol. The maximum absolute atomic E-state index is 13.6. The van der Waals surface area contributed by atoms with Crippen LogP contribution in [0, 0.1) is 22.9 Å². The van der Waals surface area contributed by atoms with E-state index in [-0.39, 0.29) is 28.8 Å². The van der Waals surface area contributed by atoms with Gasteiger partial charge in [-0.2, -0.15) is 0 Å². The van der Waals surface area contributed by atoms with Gasteiger partial charge in [0.1, 0.15) is 11.6 Å². The minimum atomic E-state index is -0.545. The van der Waals surface area contributed by atoms with Gasteiger partial charge >= 0.3 is 0 Å². The summed E-state index contributed by atoms with van der Waals surface area (Å²) in [4.78, 5) is 26.8. The molecule has 7 nitrogen and oxygen atoms in total. The van der Waals surface area contributed by atoms with E-state index in [1.54, 1.807) is 43.3 Å². The van der Waals surface area contributed by atoms with E-state index in [2.05, 4.69) is 10.3 Å². The van der Waals surface area contributed by atoms with Crippen LogP contribution in [0.15, 0.2) is 65.7 Å². The fraction of sp³-hybridized carbons (Fsp3) is 0.0909. The predicted octanol–water partition coefficient (Wildman–Crippen LogP) is 5.46. The summed E-state index contributed by atoms with van der Waals surface area (Å²) in [5, 5.41) is 13.7. The summed E-state index contributed by atoms with van der Waals surface area (Å²) < 4.78 is 19.0. The van der Waals surface area contributed by atoms with Crippen molar-refractivity contribution in [3.05, 3.63) is 92.7 Å². The van der Waals surface area contributed by atoms with E-state index in [0.29, 0.717) is 16.8 Å². The zero-order valence-electron chi connectivity index (χ0n) is 16.3. The number of rotatable bonds is 7. The maximum Gasteiger partial charge on any atom is 0.274 e. The van der Waals surface area contributed by atoms with Crippen molar-refractivity contribution in [3.8, 4) is 5.75 Å². The highest BCUT2D eigenvalue weighted by Crippen LogP contribution is 2.27. The number of aliphatic imine (C=N–C) groups is 1. The van der Waals surface area contributed by atoms with Gasteiger partial charge < -0.3 is 10.1 Å². The average Bonchev–Trinajstić information content (AvgIpc) is 2.74.